The molecule has 0 saturated heterocycles. The van der Waals surface area contributed by atoms with E-state index < -0.39 is 0 Å². The first-order chi connectivity index (χ1) is 4.95. The van der Waals surface area contributed by atoms with Crippen molar-refractivity contribution in [3.05, 3.63) is 12.3 Å². The number of rotatable bonds is 1. The van der Waals surface area contributed by atoms with Crippen molar-refractivity contribution in [2.75, 3.05) is 0 Å². The van der Waals surface area contributed by atoms with E-state index in [1.807, 2.05) is 6.08 Å². The Bertz CT molecular complexity index is 182. The molecule has 2 rings (SSSR count). The summed E-state index contributed by atoms with van der Waals surface area (Å²) in [5, 5.41) is 0. The maximum atomic E-state index is 4.85. The third kappa shape index (κ3) is 1.29. The standard InChI is InChI=1S/C7H10N2O/c1-2-7(9-10-5-1)8-6-3-4-6/h1,5-6H,2-4H2,(H,8,9). The zero-order valence-corrected chi connectivity index (χ0v) is 5.71. The van der Waals surface area contributed by atoms with Crippen molar-refractivity contribution < 1.29 is 4.84 Å². The molecule has 1 heterocycles. The van der Waals surface area contributed by atoms with E-state index in [1.165, 1.54) is 12.8 Å². The molecule has 1 aliphatic carbocycles. The molecular formula is C7H10N2O. The van der Waals surface area contributed by atoms with Gasteiger partial charge in [0.1, 0.15) is 12.1 Å². The predicted molar refractivity (Wildman–Crippen MR) is 38.4 cm³/mol. The third-order valence-corrected chi connectivity index (χ3v) is 1.54. The highest BCUT2D eigenvalue weighted by Gasteiger charge is 2.21. The average Bonchev–Trinajstić information content (AvgIpc) is 2.74. The van der Waals surface area contributed by atoms with Gasteiger partial charge in [0.2, 0.25) is 0 Å². The quantitative estimate of drug-likeness (QED) is 0.586. The molecule has 2 aliphatic rings. The van der Waals surface area contributed by atoms with Crippen LogP contribution in [-0.4, -0.2) is 11.9 Å². The molecule has 3 heteroatoms. The molecule has 0 amide bonds. The van der Waals surface area contributed by atoms with E-state index in [4.69, 9.17) is 4.84 Å². The van der Waals surface area contributed by atoms with Crippen LogP contribution >= 0.6 is 0 Å². The fraction of sp³-hybridized carbons (Fsp3) is 0.571. The summed E-state index contributed by atoms with van der Waals surface area (Å²) in [6.07, 6.45) is 6.98. The van der Waals surface area contributed by atoms with Crippen LogP contribution in [0.25, 0.3) is 0 Å². The van der Waals surface area contributed by atoms with Crippen LogP contribution in [-0.2, 0) is 4.84 Å². The number of amidine groups is 1. The molecule has 1 fully saturated rings. The fourth-order valence-electron chi connectivity index (χ4n) is 0.855. The first kappa shape index (κ1) is 5.77. The van der Waals surface area contributed by atoms with Gasteiger partial charge in [0.25, 0.3) is 0 Å². The van der Waals surface area contributed by atoms with Crippen molar-refractivity contribution in [1.82, 2.24) is 5.48 Å². The maximum Gasteiger partial charge on any atom is 0.136 e. The van der Waals surface area contributed by atoms with Crippen LogP contribution in [0.4, 0.5) is 0 Å². The zero-order chi connectivity index (χ0) is 6.81. The lowest BCUT2D eigenvalue weighted by molar-refractivity contribution is 0.184. The van der Waals surface area contributed by atoms with Crippen LogP contribution in [0.2, 0.25) is 0 Å². The van der Waals surface area contributed by atoms with Gasteiger partial charge in [-0.3, -0.25) is 4.99 Å². The summed E-state index contributed by atoms with van der Waals surface area (Å²) in [6.45, 7) is 0. The molecule has 3 nitrogen and oxygen atoms in total. The van der Waals surface area contributed by atoms with Gasteiger partial charge in [0.05, 0.1) is 6.04 Å². The molecule has 1 aliphatic heterocycles. The van der Waals surface area contributed by atoms with Crippen molar-refractivity contribution in [1.29, 1.82) is 0 Å². The van der Waals surface area contributed by atoms with Gasteiger partial charge < -0.3 is 4.84 Å². The lowest BCUT2D eigenvalue weighted by Crippen LogP contribution is -2.24. The molecule has 0 unspecified atom stereocenters. The van der Waals surface area contributed by atoms with Crippen LogP contribution in [0.3, 0.4) is 0 Å². The van der Waals surface area contributed by atoms with Crippen molar-refractivity contribution >= 4 is 5.84 Å². The van der Waals surface area contributed by atoms with Crippen LogP contribution in [0.1, 0.15) is 19.3 Å². The minimum absolute atomic E-state index is 0.581. The van der Waals surface area contributed by atoms with Gasteiger partial charge in [-0.1, -0.05) is 0 Å². The number of aliphatic imine (C=N–C) groups is 1. The van der Waals surface area contributed by atoms with Crippen molar-refractivity contribution in [3.63, 3.8) is 0 Å². The summed E-state index contributed by atoms with van der Waals surface area (Å²) in [5.41, 5.74) is 2.75. The van der Waals surface area contributed by atoms with Crippen LogP contribution < -0.4 is 5.48 Å². The molecule has 54 valence electrons. The largest absolute Gasteiger partial charge is 0.389 e. The number of hydrogen-bond donors (Lipinski definition) is 1. The van der Waals surface area contributed by atoms with E-state index in [2.05, 4.69) is 10.5 Å². The second-order valence-electron chi connectivity index (χ2n) is 2.60. The molecule has 0 spiro atoms. The maximum absolute atomic E-state index is 4.85. The molecule has 0 radical (unpaired) electrons. The molecule has 1 saturated carbocycles. The summed E-state index contributed by atoms with van der Waals surface area (Å²) in [7, 11) is 0. The van der Waals surface area contributed by atoms with E-state index >= 15 is 0 Å². The summed E-state index contributed by atoms with van der Waals surface area (Å²) in [5.74, 6) is 0.963. The van der Waals surface area contributed by atoms with Gasteiger partial charge in [0.15, 0.2) is 0 Å². The fourth-order valence-corrected chi connectivity index (χ4v) is 0.855. The lowest BCUT2D eigenvalue weighted by atomic mass is 10.4. The van der Waals surface area contributed by atoms with Gasteiger partial charge in [-0.15, -0.1) is 0 Å². The van der Waals surface area contributed by atoms with E-state index in [1.54, 1.807) is 6.26 Å². The lowest BCUT2D eigenvalue weighted by Gasteiger charge is -2.09. The molecule has 10 heavy (non-hydrogen) atoms. The Morgan fingerprint density at radius 3 is 3.10 bits per heavy atom. The van der Waals surface area contributed by atoms with Crippen molar-refractivity contribution in [2.24, 2.45) is 4.99 Å². The zero-order valence-electron chi connectivity index (χ0n) is 5.71. The SMILES string of the molecule is C1=CONC(=NC2CC2)C1. The molecule has 0 aromatic heterocycles. The third-order valence-electron chi connectivity index (χ3n) is 1.54. The number of nitrogens with one attached hydrogen (secondary N) is 1. The predicted octanol–water partition coefficient (Wildman–Crippen LogP) is 0.986. The Morgan fingerprint density at radius 2 is 2.50 bits per heavy atom. The van der Waals surface area contributed by atoms with Gasteiger partial charge in [-0.2, -0.15) is 0 Å². The first-order valence-electron chi connectivity index (χ1n) is 3.58. The number of nitrogens with zero attached hydrogens (tertiary/aromatic N) is 1. The topological polar surface area (TPSA) is 33.6 Å². The Morgan fingerprint density at radius 1 is 1.60 bits per heavy atom. The molecular weight excluding hydrogens is 128 g/mol. The average molecular weight is 138 g/mol. The van der Waals surface area contributed by atoms with Crippen molar-refractivity contribution in [2.45, 2.75) is 25.3 Å². The minimum Gasteiger partial charge on any atom is -0.389 e. The Balaban J connectivity index is 1.96. The molecule has 0 aromatic rings. The molecule has 1 N–H and O–H groups in total. The monoisotopic (exact) mass is 138 g/mol. The van der Waals surface area contributed by atoms with Crippen LogP contribution in [0.15, 0.2) is 17.3 Å². The highest BCUT2D eigenvalue weighted by Crippen LogP contribution is 2.23. The molecule has 0 aromatic carbocycles. The highest BCUT2D eigenvalue weighted by atomic mass is 16.6. The Hall–Kier alpha value is -0.990. The van der Waals surface area contributed by atoms with Gasteiger partial charge in [-0.05, 0) is 18.9 Å². The smallest absolute Gasteiger partial charge is 0.136 e. The summed E-state index contributed by atoms with van der Waals surface area (Å²) < 4.78 is 0. The van der Waals surface area contributed by atoms with Crippen LogP contribution in [0, 0.1) is 0 Å². The summed E-state index contributed by atoms with van der Waals surface area (Å²) >= 11 is 0. The summed E-state index contributed by atoms with van der Waals surface area (Å²) in [4.78, 5) is 9.23. The molecule has 0 atom stereocenters. The normalized spacial score (nSPS) is 27.8. The van der Waals surface area contributed by atoms with E-state index in [0.29, 0.717) is 6.04 Å². The van der Waals surface area contributed by atoms with E-state index in [-0.39, 0.29) is 0 Å². The van der Waals surface area contributed by atoms with Crippen LogP contribution in [0.5, 0.6) is 0 Å². The number of hydrogen-bond acceptors (Lipinski definition) is 2. The second kappa shape index (κ2) is 2.33. The minimum atomic E-state index is 0.581. The van der Waals surface area contributed by atoms with Gasteiger partial charge in [-0.25, -0.2) is 5.48 Å². The number of hydroxylamine groups is 1. The second-order valence-corrected chi connectivity index (χ2v) is 2.60. The Labute approximate surface area is 59.7 Å². The highest BCUT2D eigenvalue weighted by molar-refractivity contribution is 5.83. The van der Waals surface area contributed by atoms with E-state index in [9.17, 15) is 0 Å². The van der Waals surface area contributed by atoms with Gasteiger partial charge >= 0.3 is 0 Å². The Kier molecular flexibility index (Phi) is 1.34. The van der Waals surface area contributed by atoms with E-state index in [0.717, 1.165) is 12.3 Å². The summed E-state index contributed by atoms with van der Waals surface area (Å²) in [6, 6.07) is 0.581. The van der Waals surface area contributed by atoms with Crippen molar-refractivity contribution in [3.8, 4) is 0 Å². The van der Waals surface area contributed by atoms with Gasteiger partial charge in [0, 0.05) is 6.42 Å². The first-order valence-corrected chi connectivity index (χ1v) is 3.58. The molecule has 0 bridgehead atoms.